The zero-order chi connectivity index (χ0) is 13.7. The van der Waals surface area contributed by atoms with Crippen molar-refractivity contribution in [3.63, 3.8) is 0 Å². The highest BCUT2D eigenvalue weighted by Crippen LogP contribution is 2.25. The van der Waals surface area contributed by atoms with Crippen molar-refractivity contribution in [2.24, 2.45) is 5.73 Å². The molecule has 4 nitrogen and oxygen atoms in total. The van der Waals surface area contributed by atoms with E-state index >= 15 is 0 Å². The van der Waals surface area contributed by atoms with E-state index in [9.17, 15) is 0 Å². The van der Waals surface area contributed by atoms with Crippen LogP contribution in [0.4, 0.5) is 5.82 Å². The van der Waals surface area contributed by atoms with Gasteiger partial charge < -0.3 is 10.6 Å². The molecule has 5 heteroatoms. The topological polar surface area (TPSA) is 46.6 Å². The van der Waals surface area contributed by atoms with Gasteiger partial charge in [-0.2, -0.15) is 0 Å². The SMILES string of the molecule is CCCCN(CCCC)c1nc2sccn2c1CN. The molecule has 2 N–H and O–H groups in total. The van der Waals surface area contributed by atoms with Gasteiger partial charge in [-0.1, -0.05) is 26.7 Å². The third-order valence-electron chi connectivity index (χ3n) is 3.40. The van der Waals surface area contributed by atoms with Crippen molar-refractivity contribution in [2.75, 3.05) is 18.0 Å². The minimum Gasteiger partial charge on any atom is -0.355 e. The predicted molar refractivity (Wildman–Crippen MR) is 83.0 cm³/mol. The largest absolute Gasteiger partial charge is 0.355 e. The van der Waals surface area contributed by atoms with Crippen molar-refractivity contribution in [3.05, 3.63) is 17.3 Å². The lowest BCUT2D eigenvalue weighted by Crippen LogP contribution is -2.27. The fourth-order valence-electron chi connectivity index (χ4n) is 2.29. The standard InChI is InChI=1S/C14H24N4S/c1-3-5-7-17(8-6-4-2)13-12(11-15)18-9-10-19-14(18)16-13/h9-10H,3-8,11,15H2,1-2H3. The first-order valence-corrected chi connectivity index (χ1v) is 8.09. The number of fused-ring (bicyclic) bond motifs is 1. The Labute approximate surface area is 119 Å². The van der Waals surface area contributed by atoms with E-state index in [-0.39, 0.29) is 0 Å². The number of hydrogen-bond acceptors (Lipinski definition) is 4. The average Bonchev–Trinajstić information content (AvgIpc) is 2.99. The van der Waals surface area contributed by atoms with E-state index in [0.717, 1.165) is 29.6 Å². The van der Waals surface area contributed by atoms with E-state index in [1.165, 1.54) is 25.7 Å². The van der Waals surface area contributed by atoms with E-state index in [2.05, 4.69) is 34.7 Å². The summed E-state index contributed by atoms with van der Waals surface area (Å²) < 4.78 is 2.13. The summed E-state index contributed by atoms with van der Waals surface area (Å²) in [7, 11) is 0. The quantitative estimate of drug-likeness (QED) is 0.807. The van der Waals surface area contributed by atoms with Crippen molar-refractivity contribution in [1.82, 2.24) is 9.38 Å². The molecule has 0 aromatic carbocycles. The summed E-state index contributed by atoms with van der Waals surface area (Å²) in [5, 5.41) is 2.06. The van der Waals surface area contributed by atoms with E-state index in [4.69, 9.17) is 10.7 Å². The molecule has 0 aliphatic heterocycles. The van der Waals surface area contributed by atoms with E-state index < -0.39 is 0 Å². The summed E-state index contributed by atoms with van der Waals surface area (Å²) in [4.78, 5) is 8.24. The smallest absolute Gasteiger partial charge is 0.195 e. The minimum absolute atomic E-state index is 0.544. The van der Waals surface area contributed by atoms with Crippen LogP contribution in [0.5, 0.6) is 0 Å². The average molecular weight is 280 g/mol. The van der Waals surface area contributed by atoms with Gasteiger partial charge in [-0.3, -0.25) is 4.40 Å². The first-order chi connectivity index (χ1) is 9.31. The van der Waals surface area contributed by atoms with Crippen LogP contribution >= 0.6 is 11.3 Å². The molecule has 2 aromatic heterocycles. The highest BCUT2D eigenvalue weighted by Gasteiger charge is 2.17. The Hall–Kier alpha value is -1.07. The van der Waals surface area contributed by atoms with Crippen molar-refractivity contribution in [3.8, 4) is 0 Å². The molecule has 0 saturated carbocycles. The van der Waals surface area contributed by atoms with Gasteiger partial charge in [0.25, 0.3) is 0 Å². The molecule has 2 rings (SSSR count). The van der Waals surface area contributed by atoms with Gasteiger partial charge in [0, 0.05) is 31.2 Å². The number of nitrogens with two attached hydrogens (primary N) is 1. The molecule has 0 spiro atoms. The predicted octanol–water partition coefficient (Wildman–Crippen LogP) is 3.26. The van der Waals surface area contributed by atoms with Crippen LogP contribution in [-0.2, 0) is 6.54 Å². The number of unbranched alkanes of at least 4 members (excludes halogenated alkanes) is 2. The van der Waals surface area contributed by atoms with Gasteiger partial charge in [-0.05, 0) is 12.8 Å². The maximum absolute atomic E-state index is 5.93. The third kappa shape index (κ3) is 3.09. The van der Waals surface area contributed by atoms with Crippen LogP contribution in [0.3, 0.4) is 0 Å². The lowest BCUT2D eigenvalue weighted by Gasteiger charge is -2.23. The van der Waals surface area contributed by atoms with Crippen molar-refractivity contribution < 1.29 is 0 Å². The maximum atomic E-state index is 5.93. The van der Waals surface area contributed by atoms with E-state index in [1.807, 2.05) is 0 Å². The molecule has 2 heterocycles. The van der Waals surface area contributed by atoms with Gasteiger partial charge in [0.1, 0.15) is 0 Å². The molecule has 2 aromatic rings. The second kappa shape index (κ2) is 6.91. The Balaban J connectivity index is 2.27. The Morgan fingerprint density at radius 3 is 2.53 bits per heavy atom. The molecule has 0 amide bonds. The summed E-state index contributed by atoms with van der Waals surface area (Å²) >= 11 is 1.67. The van der Waals surface area contributed by atoms with Gasteiger partial charge in [0.2, 0.25) is 0 Å². The van der Waals surface area contributed by atoms with Gasteiger partial charge >= 0.3 is 0 Å². The summed E-state index contributed by atoms with van der Waals surface area (Å²) in [6.45, 7) is 7.16. The maximum Gasteiger partial charge on any atom is 0.195 e. The first kappa shape index (κ1) is 14.3. The lowest BCUT2D eigenvalue weighted by molar-refractivity contribution is 0.669. The Bertz CT molecular complexity index is 494. The van der Waals surface area contributed by atoms with Crippen LogP contribution in [0.25, 0.3) is 4.96 Å². The van der Waals surface area contributed by atoms with Crippen molar-refractivity contribution in [2.45, 2.75) is 46.1 Å². The Morgan fingerprint density at radius 1 is 1.26 bits per heavy atom. The summed E-state index contributed by atoms with van der Waals surface area (Å²) in [6.07, 6.45) is 6.90. The molecule has 0 aliphatic carbocycles. The summed E-state index contributed by atoms with van der Waals surface area (Å²) in [6, 6.07) is 0. The number of thiazole rings is 1. The monoisotopic (exact) mass is 280 g/mol. The number of anilines is 1. The van der Waals surface area contributed by atoms with Crippen LogP contribution in [0, 0.1) is 0 Å². The first-order valence-electron chi connectivity index (χ1n) is 7.21. The van der Waals surface area contributed by atoms with Crippen molar-refractivity contribution in [1.29, 1.82) is 0 Å². The van der Waals surface area contributed by atoms with Gasteiger partial charge in [0.15, 0.2) is 10.8 Å². The molecule has 106 valence electrons. The lowest BCUT2D eigenvalue weighted by atomic mass is 10.2. The highest BCUT2D eigenvalue weighted by molar-refractivity contribution is 7.15. The highest BCUT2D eigenvalue weighted by atomic mass is 32.1. The van der Waals surface area contributed by atoms with Crippen LogP contribution in [-0.4, -0.2) is 22.5 Å². The molecular weight excluding hydrogens is 256 g/mol. The minimum atomic E-state index is 0.544. The molecule has 0 bridgehead atoms. The molecule has 0 atom stereocenters. The Morgan fingerprint density at radius 2 is 1.95 bits per heavy atom. The van der Waals surface area contributed by atoms with Crippen LogP contribution in [0.2, 0.25) is 0 Å². The fraction of sp³-hybridized carbons (Fsp3) is 0.643. The molecule has 19 heavy (non-hydrogen) atoms. The second-order valence-corrected chi connectivity index (χ2v) is 5.71. The molecular formula is C14H24N4S. The molecule has 0 aliphatic rings. The fourth-order valence-corrected chi connectivity index (χ4v) is 3.01. The van der Waals surface area contributed by atoms with Crippen LogP contribution in [0.1, 0.15) is 45.2 Å². The number of aromatic nitrogens is 2. The molecule has 0 saturated heterocycles. The molecule has 0 fully saturated rings. The van der Waals surface area contributed by atoms with Gasteiger partial charge in [-0.25, -0.2) is 4.98 Å². The summed E-state index contributed by atoms with van der Waals surface area (Å²) in [5.41, 5.74) is 7.07. The van der Waals surface area contributed by atoms with E-state index in [0.29, 0.717) is 6.54 Å². The summed E-state index contributed by atoms with van der Waals surface area (Å²) in [5.74, 6) is 1.09. The molecule has 0 unspecified atom stereocenters. The number of nitrogens with zero attached hydrogens (tertiary/aromatic N) is 3. The third-order valence-corrected chi connectivity index (χ3v) is 4.15. The normalized spacial score (nSPS) is 11.3. The zero-order valence-corrected chi connectivity index (χ0v) is 12.7. The number of hydrogen-bond donors (Lipinski definition) is 1. The van der Waals surface area contributed by atoms with Gasteiger partial charge in [-0.15, -0.1) is 11.3 Å². The second-order valence-electron chi connectivity index (χ2n) is 4.84. The van der Waals surface area contributed by atoms with Gasteiger partial charge in [0.05, 0.1) is 5.69 Å². The zero-order valence-electron chi connectivity index (χ0n) is 11.9. The van der Waals surface area contributed by atoms with Crippen molar-refractivity contribution >= 4 is 22.1 Å². The number of rotatable bonds is 8. The Kier molecular flexibility index (Phi) is 5.22. The number of imidazole rings is 1. The molecule has 0 radical (unpaired) electrons. The van der Waals surface area contributed by atoms with Crippen LogP contribution < -0.4 is 10.6 Å². The van der Waals surface area contributed by atoms with E-state index in [1.54, 1.807) is 11.3 Å². The van der Waals surface area contributed by atoms with Crippen LogP contribution in [0.15, 0.2) is 11.6 Å².